The van der Waals surface area contributed by atoms with Crippen LogP contribution >= 0.6 is 0 Å². The van der Waals surface area contributed by atoms with Gasteiger partial charge in [-0.15, -0.1) is 0 Å². The van der Waals surface area contributed by atoms with E-state index in [2.05, 4.69) is 4.90 Å². The van der Waals surface area contributed by atoms with Crippen LogP contribution in [0.15, 0.2) is 63.9 Å². The monoisotopic (exact) mass is 407 g/mol. The highest BCUT2D eigenvalue weighted by Gasteiger charge is 2.22. The Bertz CT molecular complexity index is 1080. The van der Waals surface area contributed by atoms with Gasteiger partial charge in [0.05, 0.1) is 13.3 Å². The van der Waals surface area contributed by atoms with Gasteiger partial charge in [0.1, 0.15) is 12.3 Å². The smallest absolute Gasteiger partial charge is 0.419 e. The Morgan fingerprint density at radius 1 is 1.07 bits per heavy atom. The van der Waals surface area contributed by atoms with Crippen molar-refractivity contribution in [3.8, 4) is 17.1 Å². The van der Waals surface area contributed by atoms with Crippen LogP contribution in [0, 0.1) is 6.92 Å². The van der Waals surface area contributed by atoms with E-state index in [9.17, 15) is 9.59 Å². The molecular weight excluding hydrogens is 382 g/mol. The normalized spacial score (nSPS) is 14.1. The molecule has 4 rings (SSSR count). The number of piperazine rings is 1. The van der Waals surface area contributed by atoms with Crippen molar-refractivity contribution in [3.63, 3.8) is 0 Å². The fourth-order valence-electron chi connectivity index (χ4n) is 3.60. The van der Waals surface area contributed by atoms with Crippen LogP contribution in [0.1, 0.15) is 5.56 Å². The quantitative estimate of drug-likeness (QED) is 0.651. The molecule has 0 atom stereocenters. The standard InChI is InChI=1S/C23H25N3O4/c1-17-6-8-18(9-7-17)21-15-26(23(28)30-21)16-22(27)25-12-10-24(11-13-25)19-4-3-5-20(14-19)29-2/h3-9,14-15H,10-13,16H2,1-2H3. The molecule has 0 aliphatic carbocycles. The largest absolute Gasteiger partial charge is 0.497 e. The van der Waals surface area contributed by atoms with E-state index in [-0.39, 0.29) is 12.5 Å². The Labute approximate surface area is 175 Å². The molecule has 3 aromatic rings. The Kier molecular flexibility index (Phi) is 5.61. The molecule has 0 bridgehead atoms. The van der Waals surface area contributed by atoms with Gasteiger partial charge in [-0.1, -0.05) is 35.9 Å². The van der Waals surface area contributed by atoms with Gasteiger partial charge in [-0.2, -0.15) is 0 Å². The number of aryl methyl sites for hydroxylation is 1. The van der Waals surface area contributed by atoms with Crippen molar-refractivity contribution in [2.45, 2.75) is 13.5 Å². The van der Waals surface area contributed by atoms with E-state index in [1.54, 1.807) is 18.2 Å². The predicted octanol–water partition coefficient (Wildman–Crippen LogP) is 2.77. The van der Waals surface area contributed by atoms with Crippen LogP contribution in [0.25, 0.3) is 11.3 Å². The lowest BCUT2D eigenvalue weighted by Crippen LogP contribution is -2.50. The van der Waals surface area contributed by atoms with Crippen LogP contribution in [-0.4, -0.2) is 48.7 Å². The summed E-state index contributed by atoms with van der Waals surface area (Å²) in [7, 11) is 1.65. The molecule has 30 heavy (non-hydrogen) atoms. The number of hydrogen-bond donors (Lipinski definition) is 0. The van der Waals surface area contributed by atoms with Crippen LogP contribution in [0.3, 0.4) is 0 Å². The lowest BCUT2D eigenvalue weighted by atomic mass is 10.1. The zero-order chi connectivity index (χ0) is 21.1. The molecule has 0 unspecified atom stereocenters. The van der Waals surface area contributed by atoms with Crippen molar-refractivity contribution < 1.29 is 13.9 Å². The zero-order valence-electron chi connectivity index (χ0n) is 17.2. The van der Waals surface area contributed by atoms with E-state index in [0.717, 1.165) is 35.7 Å². The zero-order valence-corrected chi connectivity index (χ0v) is 17.2. The van der Waals surface area contributed by atoms with Crippen LogP contribution in [-0.2, 0) is 11.3 Å². The molecule has 156 valence electrons. The fraction of sp³-hybridized carbons (Fsp3) is 0.304. The summed E-state index contributed by atoms with van der Waals surface area (Å²) in [6, 6.07) is 15.6. The molecule has 7 nitrogen and oxygen atoms in total. The van der Waals surface area contributed by atoms with Gasteiger partial charge >= 0.3 is 5.76 Å². The number of benzene rings is 2. The Balaban J connectivity index is 1.38. The molecule has 1 aliphatic heterocycles. The van der Waals surface area contributed by atoms with Gasteiger partial charge in [0.2, 0.25) is 5.91 Å². The first-order valence-electron chi connectivity index (χ1n) is 9.97. The number of amides is 1. The van der Waals surface area contributed by atoms with E-state index >= 15 is 0 Å². The maximum Gasteiger partial charge on any atom is 0.419 e. The van der Waals surface area contributed by atoms with Crippen LogP contribution < -0.4 is 15.4 Å². The van der Waals surface area contributed by atoms with Gasteiger partial charge in [-0.25, -0.2) is 4.79 Å². The average molecular weight is 407 g/mol. The lowest BCUT2D eigenvalue weighted by molar-refractivity contribution is -0.132. The summed E-state index contributed by atoms with van der Waals surface area (Å²) in [4.78, 5) is 29.0. The second-order valence-electron chi connectivity index (χ2n) is 7.42. The van der Waals surface area contributed by atoms with Gasteiger partial charge in [0.25, 0.3) is 0 Å². The molecule has 1 fully saturated rings. The number of hydrogen-bond acceptors (Lipinski definition) is 5. The van der Waals surface area contributed by atoms with E-state index in [1.165, 1.54) is 4.57 Å². The van der Waals surface area contributed by atoms with Gasteiger partial charge < -0.3 is 19.0 Å². The first kappa shape index (κ1) is 19.8. The highest BCUT2D eigenvalue weighted by atomic mass is 16.5. The van der Waals surface area contributed by atoms with Crippen LogP contribution in [0.5, 0.6) is 5.75 Å². The molecular formula is C23H25N3O4. The molecule has 0 spiro atoms. The van der Waals surface area contributed by atoms with Crippen molar-refractivity contribution in [2.75, 3.05) is 38.2 Å². The molecule has 2 aromatic carbocycles. The van der Waals surface area contributed by atoms with Crippen LogP contribution in [0.4, 0.5) is 5.69 Å². The SMILES string of the molecule is COc1cccc(N2CCN(C(=O)Cn3cc(-c4ccc(C)cc4)oc3=O)CC2)c1. The summed E-state index contributed by atoms with van der Waals surface area (Å²) < 4.78 is 12.0. The Morgan fingerprint density at radius 3 is 2.50 bits per heavy atom. The van der Waals surface area contributed by atoms with Crippen LogP contribution in [0.2, 0.25) is 0 Å². The summed E-state index contributed by atoms with van der Waals surface area (Å²) in [5.41, 5.74) is 3.02. The van der Waals surface area contributed by atoms with Crippen molar-refractivity contribution in [3.05, 3.63) is 70.8 Å². The maximum atomic E-state index is 12.7. The minimum atomic E-state index is -0.519. The summed E-state index contributed by atoms with van der Waals surface area (Å²) in [6.45, 7) is 4.65. The first-order chi connectivity index (χ1) is 14.5. The van der Waals surface area contributed by atoms with Gasteiger partial charge in [-0.3, -0.25) is 9.36 Å². The second-order valence-corrected chi connectivity index (χ2v) is 7.42. The maximum absolute atomic E-state index is 12.7. The molecule has 2 heterocycles. The molecule has 1 saturated heterocycles. The number of anilines is 1. The molecule has 1 aliphatic rings. The number of aromatic nitrogens is 1. The summed E-state index contributed by atoms with van der Waals surface area (Å²) in [5.74, 6) is 0.679. The summed E-state index contributed by atoms with van der Waals surface area (Å²) >= 11 is 0. The number of methoxy groups -OCH3 is 1. The van der Waals surface area contributed by atoms with Gasteiger partial charge in [0.15, 0.2) is 5.76 Å². The molecule has 1 aromatic heterocycles. The topological polar surface area (TPSA) is 67.9 Å². The van der Waals surface area contributed by atoms with Gasteiger partial charge in [0, 0.05) is 43.5 Å². The number of rotatable bonds is 5. The van der Waals surface area contributed by atoms with Gasteiger partial charge in [-0.05, 0) is 19.1 Å². The summed E-state index contributed by atoms with van der Waals surface area (Å²) in [5, 5.41) is 0. The van der Waals surface area contributed by atoms with Crippen molar-refractivity contribution in [1.29, 1.82) is 0 Å². The third-order valence-electron chi connectivity index (χ3n) is 5.40. The van der Waals surface area contributed by atoms with E-state index < -0.39 is 5.76 Å². The minimum absolute atomic E-state index is 0.0205. The number of carbonyl (C=O) groups excluding carboxylic acids is 1. The third kappa shape index (κ3) is 4.25. The highest BCUT2D eigenvalue weighted by molar-refractivity contribution is 5.76. The Hall–Kier alpha value is -3.48. The van der Waals surface area contributed by atoms with Crippen molar-refractivity contribution in [2.24, 2.45) is 0 Å². The summed E-state index contributed by atoms with van der Waals surface area (Å²) in [6.07, 6.45) is 1.61. The second kappa shape index (κ2) is 8.49. The molecule has 7 heteroatoms. The number of ether oxygens (including phenoxy) is 1. The number of oxazole rings is 1. The van der Waals surface area contributed by atoms with E-state index in [0.29, 0.717) is 18.8 Å². The highest BCUT2D eigenvalue weighted by Crippen LogP contribution is 2.22. The Morgan fingerprint density at radius 2 is 1.80 bits per heavy atom. The predicted molar refractivity (Wildman–Crippen MR) is 115 cm³/mol. The van der Waals surface area contributed by atoms with E-state index in [1.807, 2.05) is 55.5 Å². The first-order valence-corrected chi connectivity index (χ1v) is 9.97. The van der Waals surface area contributed by atoms with Crippen molar-refractivity contribution >= 4 is 11.6 Å². The number of nitrogens with zero attached hydrogens (tertiary/aromatic N) is 3. The molecule has 1 amide bonds. The molecule has 0 radical (unpaired) electrons. The fourth-order valence-corrected chi connectivity index (χ4v) is 3.60. The van der Waals surface area contributed by atoms with Crippen molar-refractivity contribution in [1.82, 2.24) is 9.47 Å². The minimum Gasteiger partial charge on any atom is -0.497 e. The third-order valence-corrected chi connectivity index (χ3v) is 5.40. The average Bonchev–Trinajstić information content (AvgIpc) is 3.14. The molecule has 0 saturated carbocycles. The molecule has 0 N–H and O–H groups in total. The number of carbonyl (C=O) groups is 1. The van der Waals surface area contributed by atoms with E-state index in [4.69, 9.17) is 9.15 Å². The lowest BCUT2D eigenvalue weighted by Gasteiger charge is -2.36.